The number of rotatable bonds is 6. The molecule has 29 heavy (non-hydrogen) atoms. The van der Waals surface area contributed by atoms with Gasteiger partial charge in [0.2, 0.25) is 0 Å². The van der Waals surface area contributed by atoms with E-state index in [-0.39, 0.29) is 6.04 Å². The van der Waals surface area contributed by atoms with Crippen LogP contribution in [0.25, 0.3) is 10.8 Å². The molecule has 0 heterocycles. The van der Waals surface area contributed by atoms with E-state index in [0.29, 0.717) is 17.9 Å². The average molecular weight is 410 g/mol. The summed E-state index contributed by atoms with van der Waals surface area (Å²) < 4.78 is 31.4. The van der Waals surface area contributed by atoms with Crippen LogP contribution in [0.1, 0.15) is 30.0 Å². The van der Waals surface area contributed by atoms with E-state index in [9.17, 15) is 13.6 Å². The van der Waals surface area contributed by atoms with Crippen LogP contribution in [0, 0.1) is 0 Å². The maximum atomic E-state index is 12.3. The van der Waals surface area contributed by atoms with Crippen molar-refractivity contribution >= 4 is 33.7 Å². The number of anilines is 1. The molecule has 3 aromatic rings. The lowest BCUT2D eigenvalue weighted by molar-refractivity contribution is -0.139. The van der Waals surface area contributed by atoms with E-state index in [2.05, 4.69) is 0 Å². The number of ether oxygens (including phenoxy) is 1. The predicted octanol–water partition coefficient (Wildman–Crippen LogP) is 3.98. The SMILES string of the molecule is O=C(O)COc1cccc2c1CCCC2N(c1ccc2ccccc2c1)S(=O)[O-]. The summed E-state index contributed by atoms with van der Waals surface area (Å²) in [6.07, 6.45) is 2.18. The molecular formula is C22H20NO5S-. The molecule has 2 unspecified atom stereocenters. The molecule has 1 aliphatic carbocycles. The van der Waals surface area contributed by atoms with Gasteiger partial charge in [0.1, 0.15) is 5.75 Å². The van der Waals surface area contributed by atoms with E-state index in [1.165, 1.54) is 4.31 Å². The van der Waals surface area contributed by atoms with Crippen molar-refractivity contribution in [1.82, 2.24) is 0 Å². The van der Waals surface area contributed by atoms with Crippen LogP contribution in [-0.4, -0.2) is 26.4 Å². The molecule has 0 aromatic heterocycles. The fraction of sp³-hybridized carbons (Fsp3) is 0.227. The zero-order chi connectivity index (χ0) is 20.4. The van der Waals surface area contributed by atoms with Crippen LogP contribution in [0.5, 0.6) is 5.75 Å². The maximum Gasteiger partial charge on any atom is 0.341 e. The minimum Gasteiger partial charge on any atom is -0.755 e. The van der Waals surface area contributed by atoms with Crippen molar-refractivity contribution in [3.63, 3.8) is 0 Å². The lowest BCUT2D eigenvalue weighted by Gasteiger charge is -2.38. The van der Waals surface area contributed by atoms with Gasteiger partial charge in [-0.25, -0.2) is 4.79 Å². The van der Waals surface area contributed by atoms with Crippen molar-refractivity contribution in [3.05, 3.63) is 71.8 Å². The number of fused-ring (bicyclic) bond motifs is 2. The van der Waals surface area contributed by atoms with E-state index in [0.717, 1.165) is 34.7 Å². The average Bonchev–Trinajstić information content (AvgIpc) is 2.72. The zero-order valence-corrected chi connectivity index (χ0v) is 16.4. The number of carboxylic acids is 1. The van der Waals surface area contributed by atoms with Crippen molar-refractivity contribution in [2.24, 2.45) is 0 Å². The minimum atomic E-state index is -2.47. The smallest absolute Gasteiger partial charge is 0.341 e. The number of hydrogen-bond donors (Lipinski definition) is 1. The van der Waals surface area contributed by atoms with Crippen LogP contribution in [0.2, 0.25) is 0 Å². The number of nitrogens with zero attached hydrogens (tertiary/aromatic N) is 1. The van der Waals surface area contributed by atoms with Gasteiger partial charge in [-0.05, 0) is 59.4 Å². The van der Waals surface area contributed by atoms with Crippen molar-refractivity contribution in [1.29, 1.82) is 0 Å². The Morgan fingerprint density at radius 3 is 2.69 bits per heavy atom. The van der Waals surface area contributed by atoms with Crippen LogP contribution in [0.15, 0.2) is 60.7 Å². The van der Waals surface area contributed by atoms with Crippen LogP contribution in [0.3, 0.4) is 0 Å². The van der Waals surface area contributed by atoms with Crippen molar-refractivity contribution in [2.75, 3.05) is 10.9 Å². The third-order valence-electron chi connectivity index (χ3n) is 5.21. The summed E-state index contributed by atoms with van der Waals surface area (Å²) in [5.41, 5.74) is 2.34. The van der Waals surface area contributed by atoms with Crippen molar-refractivity contribution in [2.45, 2.75) is 25.3 Å². The summed E-state index contributed by atoms with van der Waals surface area (Å²) >= 11 is -2.47. The molecule has 0 bridgehead atoms. The van der Waals surface area contributed by atoms with Crippen LogP contribution >= 0.6 is 0 Å². The highest BCUT2D eigenvalue weighted by Crippen LogP contribution is 2.41. The molecule has 1 N–H and O–H groups in total. The molecule has 0 amide bonds. The van der Waals surface area contributed by atoms with Gasteiger partial charge < -0.3 is 14.4 Å². The quantitative estimate of drug-likeness (QED) is 0.621. The fourth-order valence-electron chi connectivity index (χ4n) is 3.99. The molecule has 0 saturated heterocycles. The van der Waals surface area contributed by atoms with E-state index in [1.54, 1.807) is 12.1 Å². The molecule has 4 rings (SSSR count). The maximum absolute atomic E-state index is 12.3. The van der Waals surface area contributed by atoms with Crippen molar-refractivity contribution < 1.29 is 23.4 Å². The monoisotopic (exact) mass is 410 g/mol. The Bertz CT molecular complexity index is 1080. The summed E-state index contributed by atoms with van der Waals surface area (Å²) in [6, 6.07) is 18.5. The minimum absolute atomic E-state index is 0.369. The lowest BCUT2D eigenvalue weighted by atomic mass is 9.87. The first kappa shape index (κ1) is 19.4. The largest absolute Gasteiger partial charge is 0.755 e. The Balaban J connectivity index is 1.75. The van der Waals surface area contributed by atoms with Gasteiger partial charge in [-0.1, -0.05) is 42.5 Å². The molecule has 3 aromatic carbocycles. The molecule has 0 saturated carbocycles. The van der Waals surface area contributed by atoms with E-state index < -0.39 is 23.8 Å². The molecule has 7 heteroatoms. The Labute approximate surface area is 171 Å². The number of hydrogen-bond acceptors (Lipinski definition) is 4. The third kappa shape index (κ3) is 3.97. The van der Waals surface area contributed by atoms with Gasteiger partial charge >= 0.3 is 5.97 Å². The van der Waals surface area contributed by atoms with E-state index in [1.807, 2.05) is 48.5 Å². The van der Waals surface area contributed by atoms with Gasteiger partial charge in [-0.3, -0.25) is 8.51 Å². The second-order valence-corrected chi connectivity index (χ2v) is 7.82. The number of benzene rings is 3. The highest BCUT2D eigenvalue weighted by atomic mass is 32.2. The molecule has 0 radical (unpaired) electrons. The standard InChI is InChI=1S/C22H21NO5S/c24-22(25)14-28-21-10-4-7-18-19(21)8-3-9-20(18)23(29(26)27)17-12-11-15-5-1-2-6-16(15)13-17/h1-2,4-7,10-13,20H,3,8-9,14H2,(H,24,25)(H,26,27)/p-1. The molecule has 1 aliphatic rings. The van der Waals surface area contributed by atoms with Gasteiger partial charge in [0.15, 0.2) is 6.61 Å². The summed E-state index contributed by atoms with van der Waals surface area (Å²) in [5, 5.41) is 10.9. The molecule has 0 aliphatic heterocycles. The number of carboxylic acid groups (broad SMARTS) is 1. The van der Waals surface area contributed by atoms with Crippen LogP contribution in [-0.2, 0) is 22.5 Å². The number of aliphatic carboxylic acids is 1. The summed E-state index contributed by atoms with van der Waals surface area (Å²) in [6.45, 7) is -0.428. The first-order valence-corrected chi connectivity index (χ1v) is 10.4. The highest BCUT2D eigenvalue weighted by molar-refractivity contribution is 7.80. The van der Waals surface area contributed by atoms with E-state index in [4.69, 9.17) is 9.84 Å². The van der Waals surface area contributed by atoms with Crippen LogP contribution < -0.4 is 9.04 Å². The summed E-state index contributed by atoms with van der Waals surface area (Å²) in [4.78, 5) is 10.9. The van der Waals surface area contributed by atoms with Gasteiger partial charge in [-0.2, -0.15) is 0 Å². The van der Waals surface area contributed by atoms with Gasteiger partial charge in [0, 0.05) is 17.0 Å². The lowest BCUT2D eigenvalue weighted by Crippen LogP contribution is -2.33. The van der Waals surface area contributed by atoms with Gasteiger partial charge in [0.25, 0.3) is 0 Å². The highest BCUT2D eigenvalue weighted by Gasteiger charge is 2.29. The molecule has 2 atom stereocenters. The second-order valence-electron chi connectivity index (χ2n) is 6.99. The van der Waals surface area contributed by atoms with Crippen molar-refractivity contribution in [3.8, 4) is 5.75 Å². The zero-order valence-electron chi connectivity index (χ0n) is 15.6. The van der Waals surface area contributed by atoms with Gasteiger partial charge in [-0.15, -0.1) is 0 Å². The molecule has 0 spiro atoms. The Morgan fingerprint density at radius 1 is 1.14 bits per heavy atom. The molecule has 6 nitrogen and oxygen atoms in total. The Hall–Kier alpha value is -2.90. The topological polar surface area (TPSA) is 89.9 Å². The predicted molar refractivity (Wildman–Crippen MR) is 111 cm³/mol. The fourth-order valence-corrected chi connectivity index (χ4v) is 4.70. The molecule has 0 fully saturated rings. The normalized spacial score (nSPS) is 16.8. The second kappa shape index (κ2) is 8.23. The Morgan fingerprint density at radius 2 is 1.93 bits per heavy atom. The molecule has 150 valence electrons. The number of carbonyl (C=O) groups is 1. The third-order valence-corrected chi connectivity index (χ3v) is 6.00. The van der Waals surface area contributed by atoms with E-state index >= 15 is 0 Å². The first-order chi connectivity index (χ1) is 14.0. The molecular weight excluding hydrogens is 390 g/mol. The summed E-state index contributed by atoms with van der Waals surface area (Å²) in [5.74, 6) is -0.543. The van der Waals surface area contributed by atoms with Crippen LogP contribution in [0.4, 0.5) is 5.69 Å². The summed E-state index contributed by atoms with van der Waals surface area (Å²) in [7, 11) is 0. The van der Waals surface area contributed by atoms with Gasteiger partial charge in [0.05, 0.1) is 6.04 Å². The first-order valence-electron chi connectivity index (χ1n) is 9.38. The Kier molecular flexibility index (Phi) is 5.51.